The summed E-state index contributed by atoms with van der Waals surface area (Å²) in [5.41, 5.74) is 2.19. The van der Waals surface area contributed by atoms with Crippen molar-refractivity contribution in [3.05, 3.63) is 71.8 Å². The summed E-state index contributed by atoms with van der Waals surface area (Å²) in [6, 6.07) is 18.7. The number of carbonyl (C=O) groups excluding carboxylic acids is 2. The number of benzene rings is 2. The van der Waals surface area contributed by atoms with E-state index >= 15 is 0 Å². The van der Waals surface area contributed by atoms with E-state index in [0.717, 1.165) is 24.0 Å². The first kappa shape index (κ1) is 22.4. The molecular weight excluding hydrogens is 400 g/mol. The van der Waals surface area contributed by atoms with Gasteiger partial charge in [0.25, 0.3) is 0 Å². The summed E-state index contributed by atoms with van der Waals surface area (Å²) in [5.74, 6) is 0.495. The molecule has 2 fully saturated rings. The Kier molecular flexibility index (Phi) is 6.27. The van der Waals surface area contributed by atoms with Gasteiger partial charge in [-0.25, -0.2) is 4.79 Å². The normalized spacial score (nSPS) is 26.3. The zero-order valence-electron chi connectivity index (χ0n) is 19.3. The highest BCUT2D eigenvalue weighted by atomic mass is 16.5. The number of ether oxygens (including phenoxy) is 1. The van der Waals surface area contributed by atoms with E-state index in [1.807, 2.05) is 60.7 Å². The van der Waals surface area contributed by atoms with Crippen LogP contribution >= 0.6 is 0 Å². The highest BCUT2D eigenvalue weighted by molar-refractivity contribution is 5.86. The number of rotatable bonds is 7. The minimum absolute atomic E-state index is 0.0818. The molecule has 0 unspecified atom stereocenters. The van der Waals surface area contributed by atoms with E-state index < -0.39 is 12.1 Å². The molecule has 32 heavy (non-hydrogen) atoms. The van der Waals surface area contributed by atoms with Crippen LogP contribution in [0.1, 0.15) is 51.2 Å². The summed E-state index contributed by atoms with van der Waals surface area (Å²) >= 11 is 0. The van der Waals surface area contributed by atoms with Gasteiger partial charge in [-0.3, -0.25) is 4.79 Å². The van der Waals surface area contributed by atoms with Gasteiger partial charge in [0, 0.05) is 12.5 Å². The number of alkyl carbamates (subject to hydrolysis) is 1. The van der Waals surface area contributed by atoms with Gasteiger partial charge >= 0.3 is 6.09 Å². The predicted molar refractivity (Wildman–Crippen MR) is 125 cm³/mol. The third-order valence-electron chi connectivity index (χ3n) is 8.21. The Balaban J connectivity index is 1.43. The lowest BCUT2D eigenvalue weighted by Gasteiger charge is -2.40. The second kappa shape index (κ2) is 8.97. The standard InChI is InChI=1S/C27H34N2O3/c1-26(2)21-14-15-27(26,3)23(17-21)29-24(30)22(16-19-10-6-4-7-11-19)28-25(31)32-18-20-12-8-5-9-13-20/h4-13,21-23H,14-18H2,1-3H3,(H,28,31)(H,29,30)/t21-,22+,23-,27+/m1/s1. The van der Waals surface area contributed by atoms with Crippen LogP contribution in [0.2, 0.25) is 0 Å². The maximum atomic E-state index is 13.4. The third-order valence-corrected chi connectivity index (χ3v) is 8.21. The van der Waals surface area contributed by atoms with E-state index in [-0.39, 0.29) is 29.4 Å². The minimum atomic E-state index is -0.688. The number of fused-ring (bicyclic) bond motifs is 2. The van der Waals surface area contributed by atoms with Crippen molar-refractivity contribution in [2.45, 2.75) is 65.1 Å². The van der Waals surface area contributed by atoms with E-state index in [1.54, 1.807) is 0 Å². The Morgan fingerprint density at radius 3 is 2.19 bits per heavy atom. The largest absolute Gasteiger partial charge is 0.445 e. The Labute approximate surface area is 190 Å². The first-order valence-corrected chi connectivity index (χ1v) is 11.6. The zero-order valence-corrected chi connectivity index (χ0v) is 19.3. The summed E-state index contributed by atoms with van der Waals surface area (Å²) in [4.78, 5) is 25.9. The fourth-order valence-electron chi connectivity index (χ4n) is 5.66. The van der Waals surface area contributed by atoms with Crippen molar-refractivity contribution >= 4 is 12.0 Å². The van der Waals surface area contributed by atoms with Crippen LogP contribution in [-0.2, 0) is 22.6 Å². The van der Waals surface area contributed by atoms with E-state index in [4.69, 9.17) is 4.74 Å². The van der Waals surface area contributed by atoms with Gasteiger partial charge in [0.15, 0.2) is 0 Å². The molecule has 2 saturated carbocycles. The minimum Gasteiger partial charge on any atom is -0.445 e. The highest BCUT2D eigenvalue weighted by Crippen LogP contribution is 2.65. The van der Waals surface area contributed by atoms with Crippen molar-refractivity contribution in [2.75, 3.05) is 0 Å². The third kappa shape index (κ3) is 4.38. The molecule has 2 bridgehead atoms. The number of hydrogen-bond acceptors (Lipinski definition) is 3. The molecule has 0 spiro atoms. The van der Waals surface area contributed by atoms with Crippen LogP contribution in [0.15, 0.2) is 60.7 Å². The van der Waals surface area contributed by atoms with Crippen LogP contribution in [0.5, 0.6) is 0 Å². The molecule has 5 heteroatoms. The van der Waals surface area contributed by atoms with E-state index in [2.05, 4.69) is 31.4 Å². The van der Waals surface area contributed by atoms with Gasteiger partial charge in [0.1, 0.15) is 12.6 Å². The Bertz CT molecular complexity index is 944. The van der Waals surface area contributed by atoms with Gasteiger partial charge in [0.05, 0.1) is 0 Å². The molecule has 0 aliphatic heterocycles. The molecule has 0 radical (unpaired) electrons. The van der Waals surface area contributed by atoms with Crippen LogP contribution in [0.25, 0.3) is 0 Å². The average molecular weight is 435 g/mol. The lowest BCUT2D eigenvalue weighted by molar-refractivity contribution is -0.124. The fraction of sp³-hybridized carbons (Fsp3) is 0.481. The van der Waals surface area contributed by atoms with E-state index in [1.165, 1.54) is 6.42 Å². The Morgan fingerprint density at radius 2 is 1.62 bits per heavy atom. The Morgan fingerprint density at radius 1 is 1.00 bits per heavy atom. The monoisotopic (exact) mass is 434 g/mol. The summed E-state index contributed by atoms with van der Waals surface area (Å²) in [6.45, 7) is 7.14. The van der Waals surface area contributed by atoms with Gasteiger partial charge < -0.3 is 15.4 Å². The molecule has 0 aromatic heterocycles. The number of carbonyl (C=O) groups is 2. The molecule has 5 nitrogen and oxygen atoms in total. The van der Waals surface area contributed by atoms with Gasteiger partial charge in [-0.2, -0.15) is 0 Å². The number of amides is 2. The molecule has 2 aromatic carbocycles. The SMILES string of the molecule is CC1(C)[C@@H]2CC[C@@]1(C)[C@H](NC(=O)[C@H](Cc1ccccc1)NC(=O)OCc1ccccc1)C2. The molecule has 2 aliphatic rings. The van der Waals surface area contributed by atoms with Crippen molar-refractivity contribution in [1.82, 2.24) is 10.6 Å². The van der Waals surface area contributed by atoms with Crippen LogP contribution < -0.4 is 10.6 Å². The first-order chi connectivity index (χ1) is 15.3. The van der Waals surface area contributed by atoms with Crippen LogP contribution in [0, 0.1) is 16.7 Å². The smallest absolute Gasteiger partial charge is 0.408 e. The molecule has 0 heterocycles. The quantitative estimate of drug-likeness (QED) is 0.654. The number of hydrogen-bond donors (Lipinski definition) is 2. The maximum absolute atomic E-state index is 13.4. The van der Waals surface area contributed by atoms with Gasteiger partial charge in [-0.05, 0) is 47.1 Å². The van der Waals surface area contributed by atoms with Gasteiger partial charge in [0.2, 0.25) is 5.91 Å². The van der Waals surface area contributed by atoms with Crippen molar-refractivity contribution < 1.29 is 14.3 Å². The van der Waals surface area contributed by atoms with E-state index in [9.17, 15) is 9.59 Å². The van der Waals surface area contributed by atoms with Crippen molar-refractivity contribution in [2.24, 2.45) is 16.7 Å². The molecule has 2 N–H and O–H groups in total. The molecule has 170 valence electrons. The van der Waals surface area contributed by atoms with Gasteiger partial charge in [-0.1, -0.05) is 81.4 Å². The molecule has 2 aliphatic carbocycles. The van der Waals surface area contributed by atoms with Crippen LogP contribution in [0.4, 0.5) is 4.79 Å². The highest BCUT2D eigenvalue weighted by Gasteiger charge is 2.61. The zero-order chi connectivity index (χ0) is 22.8. The summed E-state index contributed by atoms with van der Waals surface area (Å²) < 4.78 is 5.39. The van der Waals surface area contributed by atoms with Crippen molar-refractivity contribution in [3.8, 4) is 0 Å². The van der Waals surface area contributed by atoms with Crippen LogP contribution in [0.3, 0.4) is 0 Å². The maximum Gasteiger partial charge on any atom is 0.408 e. The first-order valence-electron chi connectivity index (χ1n) is 11.6. The predicted octanol–water partition coefficient (Wildman–Crippen LogP) is 4.86. The second-order valence-electron chi connectivity index (χ2n) is 10.1. The average Bonchev–Trinajstić information content (AvgIpc) is 3.12. The summed E-state index contributed by atoms with van der Waals surface area (Å²) in [6.07, 6.45) is 3.21. The van der Waals surface area contributed by atoms with Gasteiger partial charge in [-0.15, -0.1) is 0 Å². The van der Waals surface area contributed by atoms with Crippen molar-refractivity contribution in [3.63, 3.8) is 0 Å². The molecule has 2 amide bonds. The summed E-state index contributed by atoms with van der Waals surface area (Å²) in [7, 11) is 0. The lowest BCUT2D eigenvalue weighted by Crippen LogP contribution is -2.54. The lowest BCUT2D eigenvalue weighted by atomic mass is 9.69. The molecule has 2 aromatic rings. The van der Waals surface area contributed by atoms with E-state index in [0.29, 0.717) is 12.3 Å². The molecule has 4 atom stereocenters. The Hall–Kier alpha value is -2.82. The fourth-order valence-corrected chi connectivity index (χ4v) is 5.66. The van der Waals surface area contributed by atoms with Crippen molar-refractivity contribution in [1.29, 1.82) is 0 Å². The molecular formula is C27H34N2O3. The summed E-state index contributed by atoms with van der Waals surface area (Å²) in [5, 5.41) is 6.11. The topological polar surface area (TPSA) is 67.4 Å². The second-order valence-corrected chi connectivity index (χ2v) is 10.1. The molecule has 0 saturated heterocycles. The molecule has 4 rings (SSSR count). The van der Waals surface area contributed by atoms with Crippen LogP contribution in [-0.4, -0.2) is 24.1 Å². The number of nitrogens with one attached hydrogen (secondary N) is 2.